The predicted octanol–water partition coefficient (Wildman–Crippen LogP) is 3.70. The van der Waals surface area contributed by atoms with Gasteiger partial charge in [-0.25, -0.2) is 18.4 Å². The first-order chi connectivity index (χ1) is 16.3. The summed E-state index contributed by atoms with van der Waals surface area (Å²) in [6.07, 6.45) is 0. The Balaban J connectivity index is 1.77. The minimum Gasteiger partial charge on any atom is -0.545 e. The quantitative estimate of drug-likeness (QED) is 0.345. The SMILES string of the molecule is CCOc1ccc(Br)cc1S(=O)(=O)Nc1nc2ccccc2nc1Nc1ccc(C(=O)[O-])cc1. The zero-order valence-corrected chi connectivity index (χ0v) is 20.2. The van der Waals surface area contributed by atoms with Crippen LogP contribution in [-0.2, 0) is 10.0 Å². The number of aromatic nitrogens is 2. The molecule has 4 aromatic rings. The minimum absolute atomic E-state index is 0.00850. The van der Waals surface area contributed by atoms with E-state index in [4.69, 9.17) is 4.74 Å². The molecule has 174 valence electrons. The number of nitrogens with zero attached hydrogens (tertiary/aromatic N) is 2. The number of carbonyl (C=O) groups is 1. The first-order valence-corrected chi connectivity index (χ1v) is 12.3. The van der Waals surface area contributed by atoms with Crippen molar-refractivity contribution in [2.24, 2.45) is 0 Å². The van der Waals surface area contributed by atoms with Crippen LogP contribution >= 0.6 is 15.9 Å². The minimum atomic E-state index is -4.12. The van der Waals surface area contributed by atoms with Crippen molar-refractivity contribution < 1.29 is 23.1 Å². The van der Waals surface area contributed by atoms with Crippen molar-refractivity contribution in [1.29, 1.82) is 0 Å². The van der Waals surface area contributed by atoms with E-state index in [-0.39, 0.29) is 34.5 Å². The molecule has 0 amide bonds. The molecule has 0 radical (unpaired) electrons. The number of ether oxygens (including phenoxy) is 1. The number of sulfonamides is 1. The van der Waals surface area contributed by atoms with Gasteiger partial charge in [-0.15, -0.1) is 0 Å². The van der Waals surface area contributed by atoms with Crippen molar-refractivity contribution in [1.82, 2.24) is 9.97 Å². The van der Waals surface area contributed by atoms with Crippen LogP contribution in [-0.4, -0.2) is 31.0 Å². The van der Waals surface area contributed by atoms with E-state index in [0.717, 1.165) is 0 Å². The third kappa shape index (κ3) is 5.10. The van der Waals surface area contributed by atoms with Crippen LogP contribution in [0.3, 0.4) is 0 Å². The summed E-state index contributed by atoms with van der Waals surface area (Å²) in [6, 6.07) is 17.5. The summed E-state index contributed by atoms with van der Waals surface area (Å²) < 4.78 is 35.2. The van der Waals surface area contributed by atoms with E-state index in [9.17, 15) is 18.3 Å². The summed E-state index contributed by atoms with van der Waals surface area (Å²) in [4.78, 5) is 19.9. The average molecular weight is 542 g/mol. The molecular formula is C23H18BrN4O5S-. The van der Waals surface area contributed by atoms with Crippen LogP contribution in [0.4, 0.5) is 17.3 Å². The standard InChI is InChI=1S/C23H19BrN4O5S/c1-2-33-19-12-9-15(24)13-20(19)34(31,32)28-22-21(26-17-5-3-4-6-18(17)27-22)25-16-10-7-14(8-11-16)23(29)30/h3-13H,2H2,1H3,(H,25,26)(H,27,28)(H,29,30)/p-1. The predicted molar refractivity (Wildman–Crippen MR) is 130 cm³/mol. The van der Waals surface area contributed by atoms with Crippen LogP contribution in [0, 0.1) is 0 Å². The van der Waals surface area contributed by atoms with Crippen LogP contribution in [0.2, 0.25) is 0 Å². The van der Waals surface area contributed by atoms with E-state index in [2.05, 4.69) is 35.9 Å². The van der Waals surface area contributed by atoms with Gasteiger partial charge < -0.3 is 20.0 Å². The highest BCUT2D eigenvalue weighted by molar-refractivity contribution is 9.10. The van der Waals surface area contributed by atoms with Gasteiger partial charge in [0.05, 0.1) is 23.6 Å². The number of benzene rings is 3. The molecule has 1 heterocycles. The molecule has 0 spiro atoms. The molecule has 0 aliphatic heterocycles. The lowest BCUT2D eigenvalue weighted by atomic mass is 10.2. The monoisotopic (exact) mass is 541 g/mol. The number of carbonyl (C=O) groups excluding carboxylic acids is 1. The molecule has 3 aromatic carbocycles. The molecule has 34 heavy (non-hydrogen) atoms. The maximum atomic E-state index is 13.3. The Labute approximate surface area is 204 Å². The van der Waals surface area contributed by atoms with E-state index in [1.54, 1.807) is 43.3 Å². The highest BCUT2D eigenvalue weighted by atomic mass is 79.9. The number of carboxylic acids is 1. The normalized spacial score (nSPS) is 11.2. The van der Waals surface area contributed by atoms with Crippen molar-refractivity contribution in [3.05, 3.63) is 76.8 Å². The second kappa shape index (κ2) is 9.65. The number of hydrogen-bond donors (Lipinski definition) is 2. The number of aromatic carboxylic acids is 1. The Kier molecular flexibility index (Phi) is 6.66. The molecule has 2 N–H and O–H groups in total. The van der Waals surface area contributed by atoms with E-state index in [1.807, 2.05) is 0 Å². The molecule has 0 saturated heterocycles. The summed E-state index contributed by atoms with van der Waals surface area (Å²) in [6.45, 7) is 2.04. The maximum Gasteiger partial charge on any atom is 0.266 e. The van der Waals surface area contributed by atoms with Crippen molar-refractivity contribution in [3.63, 3.8) is 0 Å². The molecule has 0 atom stereocenters. The van der Waals surface area contributed by atoms with Crippen molar-refractivity contribution in [2.75, 3.05) is 16.6 Å². The highest BCUT2D eigenvalue weighted by Gasteiger charge is 2.23. The molecule has 0 bridgehead atoms. The Morgan fingerprint density at radius 1 is 1.00 bits per heavy atom. The fraction of sp³-hybridized carbons (Fsp3) is 0.0870. The smallest absolute Gasteiger partial charge is 0.266 e. The number of carboxylic acid groups (broad SMARTS) is 1. The third-order valence-corrected chi connectivity index (χ3v) is 6.53. The van der Waals surface area contributed by atoms with E-state index in [0.29, 0.717) is 21.2 Å². The molecule has 0 aliphatic rings. The molecule has 1 aromatic heterocycles. The third-order valence-electron chi connectivity index (χ3n) is 4.68. The van der Waals surface area contributed by atoms with Gasteiger partial charge >= 0.3 is 0 Å². The van der Waals surface area contributed by atoms with Crippen molar-refractivity contribution >= 4 is 60.3 Å². The number of hydrogen-bond acceptors (Lipinski definition) is 8. The van der Waals surface area contributed by atoms with Gasteiger partial charge in [-0.2, -0.15) is 0 Å². The van der Waals surface area contributed by atoms with Gasteiger partial charge in [0, 0.05) is 10.2 Å². The lowest BCUT2D eigenvalue weighted by Crippen LogP contribution is -2.22. The number of halogens is 1. The number of anilines is 3. The van der Waals surface area contributed by atoms with Crippen LogP contribution in [0.5, 0.6) is 5.75 Å². The van der Waals surface area contributed by atoms with Gasteiger partial charge in [0.25, 0.3) is 10.0 Å². The van der Waals surface area contributed by atoms with Gasteiger partial charge in [0.2, 0.25) is 0 Å². The Morgan fingerprint density at radius 3 is 2.26 bits per heavy atom. The van der Waals surface area contributed by atoms with E-state index >= 15 is 0 Å². The van der Waals surface area contributed by atoms with Gasteiger partial charge in [0.1, 0.15) is 10.6 Å². The van der Waals surface area contributed by atoms with Crippen LogP contribution in [0.1, 0.15) is 17.3 Å². The fourth-order valence-electron chi connectivity index (χ4n) is 3.13. The summed E-state index contributed by atoms with van der Waals surface area (Å²) in [5, 5.41) is 14.0. The van der Waals surface area contributed by atoms with E-state index in [1.165, 1.54) is 30.3 Å². The highest BCUT2D eigenvalue weighted by Crippen LogP contribution is 2.32. The molecule has 0 unspecified atom stereocenters. The zero-order valence-electron chi connectivity index (χ0n) is 17.8. The largest absolute Gasteiger partial charge is 0.545 e. The molecule has 0 saturated carbocycles. The van der Waals surface area contributed by atoms with E-state index < -0.39 is 16.0 Å². The Hall–Kier alpha value is -3.70. The molecular weight excluding hydrogens is 524 g/mol. The number of fused-ring (bicyclic) bond motifs is 1. The van der Waals surface area contributed by atoms with Gasteiger partial charge in [-0.3, -0.25) is 4.72 Å². The molecule has 4 rings (SSSR count). The van der Waals surface area contributed by atoms with Crippen LogP contribution < -0.4 is 19.9 Å². The number of para-hydroxylation sites is 2. The summed E-state index contributed by atoms with van der Waals surface area (Å²) in [7, 11) is -4.12. The summed E-state index contributed by atoms with van der Waals surface area (Å²) in [5.74, 6) is -1.01. The lowest BCUT2D eigenvalue weighted by molar-refractivity contribution is -0.255. The molecule has 0 fully saturated rings. The maximum absolute atomic E-state index is 13.3. The first-order valence-electron chi connectivity index (χ1n) is 10.1. The molecule has 0 aliphatic carbocycles. The first kappa shape index (κ1) is 23.5. The Morgan fingerprint density at radius 2 is 1.65 bits per heavy atom. The van der Waals surface area contributed by atoms with Crippen LogP contribution in [0.25, 0.3) is 11.0 Å². The average Bonchev–Trinajstić information content (AvgIpc) is 2.81. The van der Waals surface area contributed by atoms with Gasteiger partial charge in [-0.1, -0.05) is 40.2 Å². The zero-order chi connectivity index (χ0) is 24.3. The number of rotatable bonds is 8. The molecule has 9 nitrogen and oxygen atoms in total. The van der Waals surface area contributed by atoms with Crippen molar-refractivity contribution in [3.8, 4) is 5.75 Å². The van der Waals surface area contributed by atoms with Gasteiger partial charge in [-0.05, 0) is 55.0 Å². The summed E-state index contributed by atoms with van der Waals surface area (Å²) in [5.41, 5.74) is 1.51. The van der Waals surface area contributed by atoms with Crippen LogP contribution in [0.15, 0.2) is 76.1 Å². The second-order valence-electron chi connectivity index (χ2n) is 7.03. The topological polar surface area (TPSA) is 133 Å². The lowest BCUT2D eigenvalue weighted by Gasteiger charge is -2.16. The van der Waals surface area contributed by atoms with Crippen molar-refractivity contribution in [2.45, 2.75) is 11.8 Å². The number of nitrogens with one attached hydrogen (secondary N) is 2. The summed E-state index contributed by atoms with van der Waals surface area (Å²) >= 11 is 3.30. The molecule has 11 heteroatoms. The van der Waals surface area contributed by atoms with Gasteiger partial charge in [0.15, 0.2) is 11.6 Å². The second-order valence-corrected chi connectivity index (χ2v) is 9.60. The Bertz CT molecular complexity index is 1480. The fourth-order valence-corrected chi connectivity index (χ4v) is 4.83.